The zero-order valence-electron chi connectivity index (χ0n) is 10.2. The van der Waals surface area contributed by atoms with Crippen LogP contribution in [0.1, 0.15) is 33.6 Å². The van der Waals surface area contributed by atoms with E-state index < -0.39 is 0 Å². The smallest absolute Gasteiger partial charge is 0.225 e. The number of aliphatic hydroxyl groups is 1. The minimum absolute atomic E-state index is 0.0972. The Labute approximate surface area is 92.5 Å². The molecule has 1 aliphatic rings. The summed E-state index contributed by atoms with van der Waals surface area (Å²) in [5.41, 5.74) is 0. The topological polar surface area (TPSA) is 40.5 Å². The van der Waals surface area contributed by atoms with Crippen molar-refractivity contribution in [2.45, 2.75) is 39.7 Å². The average Bonchev–Trinajstić information content (AvgIpc) is 2.12. The molecule has 0 aromatic rings. The molecule has 15 heavy (non-hydrogen) atoms. The summed E-state index contributed by atoms with van der Waals surface area (Å²) in [4.78, 5) is 13.7. The highest BCUT2D eigenvalue weighted by Crippen LogP contribution is 2.28. The zero-order valence-corrected chi connectivity index (χ0v) is 10.2. The molecule has 1 aliphatic carbocycles. The summed E-state index contributed by atoms with van der Waals surface area (Å²) in [5, 5.41) is 9.16. The van der Waals surface area contributed by atoms with E-state index in [9.17, 15) is 4.79 Å². The highest BCUT2D eigenvalue weighted by atomic mass is 16.3. The van der Waals surface area contributed by atoms with Crippen LogP contribution in [0.4, 0.5) is 0 Å². The molecule has 1 N–H and O–H groups in total. The third-order valence-corrected chi connectivity index (χ3v) is 3.51. The minimum Gasteiger partial charge on any atom is -0.393 e. The molecule has 1 fully saturated rings. The minimum atomic E-state index is -0.124. The number of carbonyl (C=O) groups excluding carboxylic acids is 1. The van der Waals surface area contributed by atoms with Gasteiger partial charge in [0.25, 0.3) is 0 Å². The van der Waals surface area contributed by atoms with Crippen LogP contribution in [-0.4, -0.2) is 35.6 Å². The van der Waals surface area contributed by atoms with Gasteiger partial charge in [0.05, 0.1) is 6.10 Å². The molecule has 0 heterocycles. The van der Waals surface area contributed by atoms with Gasteiger partial charge in [0.15, 0.2) is 0 Å². The number of amides is 1. The molecule has 1 amide bonds. The standard InChI is InChI=1S/C12H23NO2/c1-8(2)9(3)12(15)13(4)7-10-5-11(14)6-10/h8-11,14H,5-7H2,1-4H3. The molecular weight excluding hydrogens is 190 g/mol. The van der Waals surface area contributed by atoms with Crippen LogP contribution in [-0.2, 0) is 4.79 Å². The lowest BCUT2D eigenvalue weighted by atomic mass is 9.82. The average molecular weight is 213 g/mol. The number of carbonyl (C=O) groups is 1. The molecule has 88 valence electrons. The Hall–Kier alpha value is -0.570. The molecule has 1 atom stereocenters. The van der Waals surface area contributed by atoms with Crippen molar-refractivity contribution >= 4 is 5.91 Å². The lowest BCUT2D eigenvalue weighted by Gasteiger charge is -2.35. The highest BCUT2D eigenvalue weighted by Gasteiger charge is 2.30. The van der Waals surface area contributed by atoms with Gasteiger partial charge >= 0.3 is 0 Å². The van der Waals surface area contributed by atoms with Crippen molar-refractivity contribution in [1.82, 2.24) is 4.90 Å². The van der Waals surface area contributed by atoms with Gasteiger partial charge < -0.3 is 10.0 Å². The van der Waals surface area contributed by atoms with E-state index in [1.807, 2.05) is 18.9 Å². The predicted molar refractivity (Wildman–Crippen MR) is 60.4 cm³/mol. The summed E-state index contributed by atoms with van der Waals surface area (Å²) < 4.78 is 0. The van der Waals surface area contributed by atoms with E-state index in [-0.39, 0.29) is 17.9 Å². The summed E-state index contributed by atoms with van der Waals surface area (Å²) in [6.45, 7) is 6.93. The van der Waals surface area contributed by atoms with Crippen LogP contribution in [0.5, 0.6) is 0 Å². The molecule has 0 aliphatic heterocycles. The third-order valence-electron chi connectivity index (χ3n) is 3.51. The Morgan fingerprint density at radius 2 is 1.93 bits per heavy atom. The van der Waals surface area contributed by atoms with Gasteiger partial charge in [-0.2, -0.15) is 0 Å². The van der Waals surface area contributed by atoms with Gasteiger partial charge in [0.2, 0.25) is 5.91 Å². The molecule has 0 saturated heterocycles. The van der Waals surface area contributed by atoms with Gasteiger partial charge in [0, 0.05) is 19.5 Å². The predicted octanol–water partition coefficient (Wildman–Crippen LogP) is 1.51. The summed E-state index contributed by atoms with van der Waals surface area (Å²) in [7, 11) is 1.87. The quantitative estimate of drug-likeness (QED) is 0.769. The van der Waals surface area contributed by atoms with Crippen molar-refractivity contribution in [3.05, 3.63) is 0 Å². The van der Waals surface area contributed by atoms with E-state index in [4.69, 9.17) is 5.11 Å². The number of aliphatic hydroxyl groups excluding tert-OH is 1. The monoisotopic (exact) mass is 213 g/mol. The number of nitrogens with zero attached hydrogens (tertiary/aromatic N) is 1. The van der Waals surface area contributed by atoms with Crippen molar-refractivity contribution < 1.29 is 9.90 Å². The Bertz CT molecular complexity index is 222. The maximum Gasteiger partial charge on any atom is 0.225 e. The second kappa shape index (κ2) is 4.97. The van der Waals surface area contributed by atoms with Gasteiger partial charge in [-0.15, -0.1) is 0 Å². The first kappa shape index (κ1) is 12.5. The number of rotatable bonds is 4. The van der Waals surface area contributed by atoms with E-state index in [1.165, 1.54) is 0 Å². The van der Waals surface area contributed by atoms with Gasteiger partial charge in [-0.3, -0.25) is 4.79 Å². The van der Waals surface area contributed by atoms with E-state index >= 15 is 0 Å². The van der Waals surface area contributed by atoms with Crippen LogP contribution in [0.3, 0.4) is 0 Å². The molecule has 0 aromatic heterocycles. The molecule has 3 nitrogen and oxygen atoms in total. The van der Waals surface area contributed by atoms with Crippen LogP contribution in [0.25, 0.3) is 0 Å². The molecule has 1 rings (SSSR count). The van der Waals surface area contributed by atoms with E-state index in [2.05, 4.69) is 13.8 Å². The molecule has 1 unspecified atom stereocenters. The zero-order chi connectivity index (χ0) is 11.6. The van der Waals surface area contributed by atoms with Gasteiger partial charge in [0.1, 0.15) is 0 Å². The number of hydrogen-bond donors (Lipinski definition) is 1. The molecule has 1 saturated carbocycles. The van der Waals surface area contributed by atoms with E-state index in [0.29, 0.717) is 11.8 Å². The van der Waals surface area contributed by atoms with Crippen LogP contribution >= 0.6 is 0 Å². The van der Waals surface area contributed by atoms with Crippen molar-refractivity contribution in [1.29, 1.82) is 0 Å². The summed E-state index contributed by atoms with van der Waals surface area (Å²) in [6, 6.07) is 0. The van der Waals surface area contributed by atoms with Crippen LogP contribution < -0.4 is 0 Å². The van der Waals surface area contributed by atoms with Gasteiger partial charge in [-0.1, -0.05) is 20.8 Å². The number of hydrogen-bond acceptors (Lipinski definition) is 2. The lowest BCUT2D eigenvalue weighted by molar-refractivity contribution is -0.136. The molecule has 0 bridgehead atoms. The van der Waals surface area contributed by atoms with Crippen LogP contribution in [0, 0.1) is 17.8 Å². The maximum absolute atomic E-state index is 11.9. The summed E-state index contributed by atoms with van der Waals surface area (Å²) in [6.07, 6.45) is 1.59. The first-order valence-corrected chi connectivity index (χ1v) is 5.84. The Balaban J connectivity index is 2.33. The van der Waals surface area contributed by atoms with Crippen LogP contribution in [0.15, 0.2) is 0 Å². The van der Waals surface area contributed by atoms with Crippen molar-refractivity contribution in [2.24, 2.45) is 17.8 Å². The first-order chi connectivity index (χ1) is 6.91. The second-order valence-electron chi connectivity index (χ2n) is 5.24. The normalized spacial score (nSPS) is 27.3. The van der Waals surface area contributed by atoms with Crippen LogP contribution in [0.2, 0.25) is 0 Å². The molecule has 0 spiro atoms. The molecule has 0 aromatic carbocycles. The maximum atomic E-state index is 11.9. The Kier molecular flexibility index (Phi) is 4.14. The Morgan fingerprint density at radius 3 is 2.33 bits per heavy atom. The molecule has 0 radical (unpaired) electrons. The summed E-state index contributed by atoms with van der Waals surface area (Å²) >= 11 is 0. The molecular formula is C12H23NO2. The SMILES string of the molecule is CC(C)C(C)C(=O)N(C)CC1CC(O)C1. The van der Waals surface area contributed by atoms with Gasteiger partial charge in [-0.25, -0.2) is 0 Å². The Morgan fingerprint density at radius 1 is 1.40 bits per heavy atom. The fraction of sp³-hybridized carbons (Fsp3) is 0.917. The van der Waals surface area contributed by atoms with Gasteiger partial charge in [-0.05, 0) is 24.7 Å². The highest BCUT2D eigenvalue weighted by molar-refractivity contribution is 5.78. The van der Waals surface area contributed by atoms with E-state index in [1.54, 1.807) is 0 Å². The molecule has 3 heteroatoms. The largest absolute Gasteiger partial charge is 0.393 e. The summed E-state index contributed by atoms with van der Waals surface area (Å²) in [5.74, 6) is 1.23. The fourth-order valence-electron chi connectivity index (χ4n) is 1.96. The first-order valence-electron chi connectivity index (χ1n) is 5.84. The fourth-order valence-corrected chi connectivity index (χ4v) is 1.96. The van der Waals surface area contributed by atoms with Crippen molar-refractivity contribution in [3.63, 3.8) is 0 Å². The third kappa shape index (κ3) is 3.20. The second-order valence-corrected chi connectivity index (χ2v) is 5.24. The van der Waals surface area contributed by atoms with E-state index in [0.717, 1.165) is 19.4 Å². The lowest BCUT2D eigenvalue weighted by Crippen LogP contribution is -2.42. The van der Waals surface area contributed by atoms with Crippen molar-refractivity contribution in [3.8, 4) is 0 Å². The van der Waals surface area contributed by atoms with Crippen molar-refractivity contribution in [2.75, 3.05) is 13.6 Å².